The zero-order valence-electron chi connectivity index (χ0n) is 13.9. The lowest BCUT2D eigenvalue weighted by atomic mass is 10.2. The van der Waals surface area contributed by atoms with Crippen LogP contribution in [0.5, 0.6) is 0 Å². The minimum absolute atomic E-state index is 0.00896. The van der Waals surface area contributed by atoms with Gasteiger partial charge in [0.15, 0.2) is 5.76 Å². The molecular formula is C16H22N4O4S. The second kappa shape index (κ2) is 7.83. The number of piperidine rings is 1. The van der Waals surface area contributed by atoms with Crippen LogP contribution in [-0.2, 0) is 16.6 Å². The van der Waals surface area contributed by atoms with Gasteiger partial charge in [-0.1, -0.05) is 6.42 Å². The maximum Gasteiger partial charge on any atom is 0.287 e. The molecule has 3 heterocycles. The molecule has 0 unspecified atom stereocenters. The lowest BCUT2D eigenvalue weighted by Gasteiger charge is -2.24. The molecule has 0 spiro atoms. The van der Waals surface area contributed by atoms with Crippen molar-refractivity contribution in [3.05, 3.63) is 36.4 Å². The van der Waals surface area contributed by atoms with E-state index in [9.17, 15) is 13.2 Å². The first kappa shape index (κ1) is 17.7. The zero-order valence-corrected chi connectivity index (χ0v) is 14.7. The SMILES string of the molecule is O=C(NCCCn1cccn1)c1ccc(S(=O)(=O)N2CCCCC2)o1. The largest absolute Gasteiger partial charge is 0.438 e. The van der Waals surface area contributed by atoms with Crippen molar-refractivity contribution in [1.29, 1.82) is 0 Å². The van der Waals surface area contributed by atoms with Crippen LogP contribution in [0.1, 0.15) is 36.2 Å². The quantitative estimate of drug-likeness (QED) is 0.749. The number of aryl methyl sites for hydroxylation is 1. The molecule has 1 N–H and O–H groups in total. The highest BCUT2D eigenvalue weighted by atomic mass is 32.2. The van der Waals surface area contributed by atoms with Crippen molar-refractivity contribution in [1.82, 2.24) is 19.4 Å². The molecule has 2 aromatic heterocycles. The summed E-state index contributed by atoms with van der Waals surface area (Å²) in [4.78, 5) is 12.1. The van der Waals surface area contributed by atoms with Crippen molar-refractivity contribution in [2.24, 2.45) is 0 Å². The average molecular weight is 366 g/mol. The van der Waals surface area contributed by atoms with Crippen molar-refractivity contribution in [2.75, 3.05) is 19.6 Å². The number of furan rings is 1. The maximum absolute atomic E-state index is 12.5. The molecule has 3 rings (SSSR count). The fourth-order valence-electron chi connectivity index (χ4n) is 2.78. The van der Waals surface area contributed by atoms with Gasteiger partial charge in [0.2, 0.25) is 5.09 Å². The summed E-state index contributed by atoms with van der Waals surface area (Å²) in [6, 6.07) is 4.59. The van der Waals surface area contributed by atoms with E-state index in [4.69, 9.17) is 4.42 Å². The molecule has 9 heteroatoms. The molecule has 0 saturated carbocycles. The van der Waals surface area contributed by atoms with Gasteiger partial charge in [-0.15, -0.1) is 0 Å². The third-order valence-electron chi connectivity index (χ3n) is 4.12. The fourth-order valence-corrected chi connectivity index (χ4v) is 4.20. The molecule has 1 aliphatic rings. The molecule has 0 bridgehead atoms. The standard InChI is InChI=1S/C16H22N4O4S/c21-16(17-8-4-10-19-11-5-9-18-19)14-6-7-15(24-14)25(22,23)20-12-2-1-3-13-20/h5-7,9,11H,1-4,8,10,12-13H2,(H,17,21). The van der Waals surface area contributed by atoms with Crippen molar-refractivity contribution in [3.63, 3.8) is 0 Å². The smallest absolute Gasteiger partial charge is 0.287 e. The monoisotopic (exact) mass is 366 g/mol. The van der Waals surface area contributed by atoms with Crippen LogP contribution in [0, 0.1) is 0 Å². The van der Waals surface area contributed by atoms with Crippen molar-refractivity contribution < 1.29 is 17.6 Å². The Morgan fingerprint density at radius 2 is 2.04 bits per heavy atom. The number of hydrogen-bond acceptors (Lipinski definition) is 5. The minimum atomic E-state index is -3.65. The number of aromatic nitrogens is 2. The summed E-state index contributed by atoms with van der Waals surface area (Å²) in [5.74, 6) is -0.407. The molecule has 8 nitrogen and oxygen atoms in total. The highest BCUT2D eigenvalue weighted by Crippen LogP contribution is 2.22. The Hall–Kier alpha value is -2.13. The van der Waals surface area contributed by atoms with E-state index in [1.807, 2.05) is 12.3 Å². The van der Waals surface area contributed by atoms with E-state index in [-0.39, 0.29) is 10.9 Å². The van der Waals surface area contributed by atoms with Gasteiger partial charge >= 0.3 is 0 Å². The van der Waals surface area contributed by atoms with Gasteiger partial charge in [0.25, 0.3) is 15.9 Å². The summed E-state index contributed by atoms with van der Waals surface area (Å²) in [5, 5.41) is 6.63. The molecule has 2 aromatic rings. The molecule has 0 atom stereocenters. The average Bonchev–Trinajstić information content (AvgIpc) is 3.31. The number of carbonyl (C=O) groups excluding carboxylic acids is 1. The van der Waals surface area contributed by atoms with Crippen LogP contribution < -0.4 is 5.32 Å². The van der Waals surface area contributed by atoms with Gasteiger partial charge in [-0.25, -0.2) is 8.42 Å². The fraction of sp³-hybridized carbons (Fsp3) is 0.500. The molecule has 1 fully saturated rings. The molecule has 1 saturated heterocycles. The van der Waals surface area contributed by atoms with Crippen LogP contribution in [0.2, 0.25) is 0 Å². The van der Waals surface area contributed by atoms with E-state index >= 15 is 0 Å². The van der Waals surface area contributed by atoms with Crippen LogP contribution in [-0.4, -0.2) is 48.0 Å². The third kappa shape index (κ3) is 4.29. The predicted octanol–water partition coefficient (Wildman–Crippen LogP) is 1.47. The minimum Gasteiger partial charge on any atom is -0.438 e. The second-order valence-corrected chi connectivity index (χ2v) is 7.83. The van der Waals surface area contributed by atoms with Gasteiger partial charge in [0, 0.05) is 38.6 Å². The maximum atomic E-state index is 12.5. The van der Waals surface area contributed by atoms with E-state index < -0.39 is 15.9 Å². The summed E-state index contributed by atoms with van der Waals surface area (Å²) in [6.45, 7) is 2.14. The van der Waals surface area contributed by atoms with E-state index in [1.54, 1.807) is 10.9 Å². The summed E-state index contributed by atoms with van der Waals surface area (Å²) >= 11 is 0. The Morgan fingerprint density at radius 1 is 1.24 bits per heavy atom. The van der Waals surface area contributed by atoms with Crippen LogP contribution in [0.25, 0.3) is 0 Å². The molecule has 1 amide bonds. The lowest BCUT2D eigenvalue weighted by Crippen LogP contribution is -2.35. The Balaban J connectivity index is 1.54. The topological polar surface area (TPSA) is 97.4 Å². The Bertz CT molecular complexity index is 792. The predicted molar refractivity (Wildman–Crippen MR) is 90.5 cm³/mol. The number of carbonyl (C=O) groups is 1. The van der Waals surface area contributed by atoms with E-state index in [0.29, 0.717) is 32.6 Å². The van der Waals surface area contributed by atoms with Crippen molar-refractivity contribution in [2.45, 2.75) is 37.3 Å². The summed E-state index contributed by atoms with van der Waals surface area (Å²) in [7, 11) is -3.65. The van der Waals surface area contributed by atoms with Gasteiger partial charge in [-0.05, 0) is 37.5 Å². The number of nitrogens with one attached hydrogen (secondary N) is 1. The van der Waals surface area contributed by atoms with Gasteiger partial charge in [0.1, 0.15) is 0 Å². The third-order valence-corrected chi connectivity index (χ3v) is 5.90. The molecular weight excluding hydrogens is 344 g/mol. The lowest BCUT2D eigenvalue weighted by molar-refractivity contribution is 0.0919. The molecule has 136 valence electrons. The first-order chi connectivity index (χ1) is 12.1. The van der Waals surface area contributed by atoms with Crippen LogP contribution in [0.3, 0.4) is 0 Å². The normalized spacial score (nSPS) is 16.0. The summed E-state index contributed by atoms with van der Waals surface area (Å²) in [5.41, 5.74) is 0. The van der Waals surface area contributed by atoms with Crippen LogP contribution in [0.15, 0.2) is 40.1 Å². The summed E-state index contributed by atoms with van der Waals surface area (Å²) < 4.78 is 33.5. The van der Waals surface area contributed by atoms with E-state index in [2.05, 4.69) is 10.4 Å². The summed E-state index contributed by atoms with van der Waals surface area (Å²) in [6.07, 6.45) is 7.01. The van der Waals surface area contributed by atoms with Gasteiger partial charge in [0.05, 0.1) is 0 Å². The number of rotatable bonds is 7. The van der Waals surface area contributed by atoms with Crippen LogP contribution in [0.4, 0.5) is 0 Å². The number of nitrogens with zero attached hydrogens (tertiary/aromatic N) is 3. The molecule has 0 aliphatic carbocycles. The first-order valence-corrected chi connectivity index (χ1v) is 9.87. The Kier molecular flexibility index (Phi) is 5.54. The number of hydrogen-bond donors (Lipinski definition) is 1. The molecule has 25 heavy (non-hydrogen) atoms. The van der Waals surface area contributed by atoms with E-state index in [0.717, 1.165) is 19.3 Å². The zero-order chi connectivity index (χ0) is 17.7. The number of amides is 1. The highest BCUT2D eigenvalue weighted by Gasteiger charge is 2.29. The van der Waals surface area contributed by atoms with Crippen molar-refractivity contribution in [3.8, 4) is 0 Å². The van der Waals surface area contributed by atoms with Gasteiger partial charge in [-0.3, -0.25) is 9.48 Å². The second-order valence-electron chi connectivity index (χ2n) is 5.96. The molecule has 0 radical (unpaired) electrons. The van der Waals surface area contributed by atoms with E-state index in [1.165, 1.54) is 16.4 Å². The number of sulfonamides is 1. The molecule has 1 aliphatic heterocycles. The Labute approximate surface area is 146 Å². The van der Waals surface area contributed by atoms with Gasteiger partial charge in [-0.2, -0.15) is 9.40 Å². The van der Waals surface area contributed by atoms with Gasteiger partial charge < -0.3 is 9.73 Å². The molecule has 0 aromatic carbocycles. The van der Waals surface area contributed by atoms with Crippen LogP contribution >= 0.6 is 0 Å². The van der Waals surface area contributed by atoms with Crippen molar-refractivity contribution >= 4 is 15.9 Å². The highest BCUT2D eigenvalue weighted by molar-refractivity contribution is 7.89. The first-order valence-electron chi connectivity index (χ1n) is 8.43. The Morgan fingerprint density at radius 3 is 2.76 bits per heavy atom.